The Morgan fingerprint density at radius 2 is 2.29 bits per heavy atom. The lowest BCUT2D eigenvalue weighted by molar-refractivity contribution is -0.122. The summed E-state index contributed by atoms with van der Waals surface area (Å²) in [6.45, 7) is 5.97. The van der Waals surface area contributed by atoms with Crippen LogP contribution >= 0.6 is 15.9 Å². The van der Waals surface area contributed by atoms with E-state index in [2.05, 4.69) is 35.1 Å². The van der Waals surface area contributed by atoms with Crippen LogP contribution in [-0.4, -0.2) is 30.5 Å². The Kier molecular flexibility index (Phi) is 6.49. The molecule has 0 radical (unpaired) electrons. The molecule has 0 aromatic rings. The zero-order valence-corrected chi connectivity index (χ0v) is 12.5. The number of alkyl halides is 1. The van der Waals surface area contributed by atoms with Gasteiger partial charge >= 0.3 is 0 Å². The van der Waals surface area contributed by atoms with Gasteiger partial charge in [-0.2, -0.15) is 0 Å². The molecule has 1 atom stereocenters. The van der Waals surface area contributed by atoms with Gasteiger partial charge in [0.2, 0.25) is 5.91 Å². The van der Waals surface area contributed by atoms with Crippen LogP contribution < -0.4 is 5.32 Å². The average molecular weight is 306 g/mol. The molecule has 0 bridgehead atoms. The minimum atomic E-state index is 0.156. The van der Waals surface area contributed by atoms with Crippen molar-refractivity contribution in [3.8, 4) is 0 Å². The highest BCUT2D eigenvalue weighted by Crippen LogP contribution is 2.20. The second-order valence-corrected chi connectivity index (χ2v) is 6.35. The highest BCUT2D eigenvalue weighted by atomic mass is 79.9. The van der Waals surface area contributed by atoms with Crippen molar-refractivity contribution in [3.63, 3.8) is 0 Å². The van der Waals surface area contributed by atoms with Crippen LogP contribution in [0.25, 0.3) is 0 Å². The summed E-state index contributed by atoms with van der Waals surface area (Å²) in [7, 11) is 0. The van der Waals surface area contributed by atoms with Crippen molar-refractivity contribution in [1.29, 1.82) is 0 Å². The molecule has 0 aliphatic carbocycles. The van der Waals surface area contributed by atoms with Gasteiger partial charge in [-0.3, -0.25) is 4.79 Å². The fourth-order valence-electron chi connectivity index (χ4n) is 1.93. The third-order valence-corrected chi connectivity index (χ3v) is 3.65. The highest BCUT2D eigenvalue weighted by Gasteiger charge is 2.19. The first-order chi connectivity index (χ1) is 8.03. The fraction of sp³-hybridized carbons (Fsp3) is 0.923. The van der Waals surface area contributed by atoms with Gasteiger partial charge in [-0.25, -0.2) is 0 Å². The van der Waals surface area contributed by atoms with E-state index < -0.39 is 0 Å². The van der Waals surface area contributed by atoms with Gasteiger partial charge in [-0.05, 0) is 31.1 Å². The Bertz CT molecular complexity index is 238. The largest absolute Gasteiger partial charge is 0.378 e. The molecule has 1 amide bonds. The van der Waals surface area contributed by atoms with Crippen LogP contribution in [0.5, 0.6) is 0 Å². The molecule has 17 heavy (non-hydrogen) atoms. The summed E-state index contributed by atoms with van der Waals surface area (Å²) >= 11 is 3.44. The van der Waals surface area contributed by atoms with Crippen LogP contribution in [0.2, 0.25) is 0 Å². The van der Waals surface area contributed by atoms with Crippen molar-refractivity contribution >= 4 is 21.8 Å². The summed E-state index contributed by atoms with van der Waals surface area (Å²) in [6, 6.07) is 0. The van der Waals surface area contributed by atoms with Gasteiger partial charge in [-0.1, -0.05) is 29.8 Å². The lowest BCUT2D eigenvalue weighted by atomic mass is 9.90. The van der Waals surface area contributed by atoms with Crippen LogP contribution in [0, 0.1) is 5.41 Å². The molecule has 1 saturated heterocycles. The van der Waals surface area contributed by atoms with E-state index in [-0.39, 0.29) is 11.3 Å². The molecular weight excluding hydrogens is 282 g/mol. The molecule has 3 nitrogen and oxygen atoms in total. The standard InChI is InChI=1S/C13H24BrNO2/c1-13(2,7-8-14)10-15-12(16)6-5-11-4-3-9-17-11/h11H,3-10H2,1-2H3,(H,15,16). The molecule has 0 aromatic heterocycles. The number of hydrogen-bond donors (Lipinski definition) is 1. The third-order valence-electron chi connectivity index (χ3n) is 3.25. The smallest absolute Gasteiger partial charge is 0.220 e. The van der Waals surface area contributed by atoms with E-state index in [0.717, 1.165) is 44.2 Å². The number of carbonyl (C=O) groups is 1. The minimum Gasteiger partial charge on any atom is -0.378 e. The van der Waals surface area contributed by atoms with Crippen molar-refractivity contribution in [2.24, 2.45) is 5.41 Å². The number of carbonyl (C=O) groups excluding carboxylic acids is 1. The predicted octanol–water partition coefficient (Wildman–Crippen LogP) is 2.87. The molecule has 0 saturated carbocycles. The van der Waals surface area contributed by atoms with E-state index in [1.165, 1.54) is 0 Å². The lowest BCUT2D eigenvalue weighted by Crippen LogP contribution is -2.34. The van der Waals surface area contributed by atoms with Gasteiger partial charge in [0.15, 0.2) is 0 Å². The van der Waals surface area contributed by atoms with Crippen LogP contribution in [-0.2, 0) is 9.53 Å². The SMILES string of the molecule is CC(C)(CCBr)CNC(=O)CCC1CCCO1. The number of nitrogens with one attached hydrogen (secondary N) is 1. The molecule has 1 aliphatic rings. The monoisotopic (exact) mass is 305 g/mol. The fourth-order valence-corrected chi connectivity index (χ4v) is 3.01. The normalized spacial score (nSPS) is 20.5. The third kappa shape index (κ3) is 6.41. The summed E-state index contributed by atoms with van der Waals surface area (Å²) in [4.78, 5) is 11.7. The van der Waals surface area contributed by atoms with E-state index in [1.807, 2.05) is 0 Å². The molecule has 1 N–H and O–H groups in total. The molecule has 1 heterocycles. The van der Waals surface area contributed by atoms with Crippen LogP contribution in [0.4, 0.5) is 0 Å². The van der Waals surface area contributed by atoms with Crippen LogP contribution in [0.15, 0.2) is 0 Å². The van der Waals surface area contributed by atoms with Crippen molar-refractivity contribution in [2.75, 3.05) is 18.5 Å². The number of halogens is 1. The van der Waals surface area contributed by atoms with Gasteiger partial charge < -0.3 is 10.1 Å². The maximum atomic E-state index is 11.7. The Balaban J connectivity index is 2.11. The van der Waals surface area contributed by atoms with E-state index in [9.17, 15) is 4.79 Å². The number of hydrogen-bond acceptors (Lipinski definition) is 2. The maximum absolute atomic E-state index is 11.7. The van der Waals surface area contributed by atoms with E-state index in [0.29, 0.717) is 12.5 Å². The Morgan fingerprint density at radius 1 is 1.53 bits per heavy atom. The maximum Gasteiger partial charge on any atom is 0.220 e. The Hall–Kier alpha value is -0.0900. The van der Waals surface area contributed by atoms with Gasteiger partial charge in [-0.15, -0.1) is 0 Å². The summed E-state index contributed by atoms with van der Waals surface area (Å²) < 4.78 is 5.50. The first-order valence-corrected chi connectivity index (χ1v) is 7.60. The average Bonchev–Trinajstić information content (AvgIpc) is 2.76. The quantitative estimate of drug-likeness (QED) is 0.735. The molecule has 4 heteroatoms. The molecule has 1 aliphatic heterocycles. The summed E-state index contributed by atoms with van der Waals surface area (Å²) in [5.74, 6) is 0.156. The number of amides is 1. The molecule has 100 valence electrons. The molecule has 1 fully saturated rings. The van der Waals surface area contributed by atoms with Gasteiger partial charge in [0.1, 0.15) is 0 Å². The van der Waals surface area contributed by atoms with Gasteiger partial charge in [0.25, 0.3) is 0 Å². The molecular formula is C13H24BrNO2. The Labute approximate surface area is 113 Å². The number of rotatable bonds is 7. The van der Waals surface area contributed by atoms with Gasteiger partial charge in [0.05, 0.1) is 6.10 Å². The zero-order valence-electron chi connectivity index (χ0n) is 10.9. The lowest BCUT2D eigenvalue weighted by Gasteiger charge is -2.24. The molecule has 0 aromatic carbocycles. The molecule has 1 rings (SSSR count). The van der Waals surface area contributed by atoms with Crippen molar-refractivity contribution in [1.82, 2.24) is 5.32 Å². The number of ether oxygens (including phenoxy) is 1. The van der Waals surface area contributed by atoms with Gasteiger partial charge in [0, 0.05) is 24.9 Å². The van der Waals surface area contributed by atoms with Crippen molar-refractivity contribution in [3.05, 3.63) is 0 Å². The van der Waals surface area contributed by atoms with Crippen LogP contribution in [0.3, 0.4) is 0 Å². The predicted molar refractivity (Wildman–Crippen MR) is 73.4 cm³/mol. The van der Waals surface area contributed by atoms with E-state index >= 15 is 0 Å². The summed E-state index contributed by atoms with van der Waals surface area (Å²) in [5.41, 5.74) is 0.170. The van der Waals surface area contributed by atoms with Crippen LogP contribution in [0.1, 0.15) is 46.0 Å². The second-order valence-electron chi connectivity index (χ2n) is 5.55. The summed E-state index contributed by atoms with van der Waals surface area (Å²) in [5, 5.41) is 3.99. The molecule has 1 unspecified atom stereocenters. The van der Waals surface area contributed by atoms with Crippen molar-refractivity contribution < 1.29 is 9.53 Å². The highest BCUT2D eigenvalue weighted by molar-refractivity contribution is 9.09. The first kappa shape index (κ1) is 15.0. The topological polar surface area (TPSA) is 38.3 Å². The first-order valence-electron chi connectivity index (χ1n) is 6.48. The van der Waals surface area contributed by atoms with E-state index in [4.69, 9.17) is 4.74 Å². The molecule has 0 spiro atoms. The van der Waals surface area contributed by atoms with E-state index in [1.54, 1.807) is 0 Å². The second kappa shape index (κ2) is 7.37. The Morgan fingerprint density at radius 3 is 2.88 bits per heavy atom. The minimum absolute atomic E-state index is 0.156. The van der Waals surface area contributed by atoms with Crippen molar-refractivity contribution in [2.45, 2.75) is 52.1 Å². The zero-order chi connectivity index (χ0) is 12.7. The summed E-state index contributed by atoms with van der Waals surface area (Å²) in [6.07, 6.45) is 5.10.